The maximum absolute atomic E-state index is 11.6. The molecule has 2 bridgehead atoms. The summed E-state index contributed by atoms with van der Waals surface area (Å²) in [6, 6.07) is 0. The highest BCUT2D eigenvalue weighted by Gasteiger charge is 2.82. The Morgan fingerprint density at radius 1 is 1.31 bits per heavy atom. The Bertz CT molecular complexity index is 681. The van der Waals surface area contributed by atoms with Gasteiger partial charge in [0.1, 0.15) is 24.4 Å². The fraction of sp³-hybridized carbons (Fsp3) is 0.789. The van der Waals surface area contributed by atoms with Gasteiger partial charge in [-0.15, -0.1) is 0 Å². The average Bonchev–Trinajstić information content (AvgIpc) is 3.30. The minimum atomic E-state index is -0.639. The molecule has 4 rings (SSSR count). The number of fused-ring (bicyclic) bond motifs is 2. The van der Waals surface area contributed by atoms with Crippen molar-refractivity contribution in [3.63, 3.8) is 0 Å². The summed E-state index contributed by atoms with van der Waals surface area (Å²) in [5.41, 5.74) is -0.822. The van der Waals surface area contributed by atoms with Crippen molar-refractivity contribution in [2.45, 2.75) is 70.6 Å². The molecule has 0 radical (unpaired) electrons. The van der Waals surface area contributed by atoms with Gasteiger partial charge in [-0.05, 0) is 25.3 Å². The van der Waals surface area contributed by atoms with E-state index < -0.39 is 28.6 Å². The van der Waals surface area contributed by atoms with E-state index in [1.165, 1.54) is 13.8 Å². The number of carbonyl (C=O) groups excluding carboxylic acids is 2. The summed E-state index contributed by atoms with van der Waals surface area (Å²) < 4.78 is 23.4. The summed E-state index contributed by atoms with van der Waals surface area (Å²) in [5, 5.41) is 10.6. The Labute approximate surface area is 152 Å². The number of aliphatic hydroxyl groups excluding tert-OH is 1. The molecule has 26 heavy (non-hydrogen) atoms. The lowest BCUT2D eigenvalue weighted by molar-refractivity contribution is -0.229. The second kappa shape index (κ2) is 5.53. The molecule has 0 aromatic heterocycles. The highest BCUT2D eigenvalue weighted by Crippen LogP contribution is 2.71. The number of esters is 2. The molecule has 2 aliphatic carbocycles. The van der Waals surface area contributed by atoms with Gasteiger partial charge in [-0.2, -0.15) is 0 Å². The first-order chi connectivity index (χ1) is 12.2. The van der Waals surface area contributed by atoms with E-state index in [0.29, 0.717) is 19.4 Å². The summed E-state index contributed by atoms with van der Waals surface area (Å²) in [4.78, 5) is 23.2. The van der Waals surface area contributed by atoms with E-state index in [2.05, 4.69) is 6.92 Å². The Morgan fingerprint density at radius 3 is 2.58 bits per heavy atom. The van der Waals surface area contributed by atoms with Crippen LogP contribution in [0.15, 0.2) is 11.6 Å². The van der Waals surface area contributed by atoms with Gasteiger partial charge in [-0.25, -0.2) is 0 Å². The smallest absolute Gasteiger partial charge is 0.302 e. The predicted octanol–water partition coefficient (Wildman–Crippen LogP) is 1.12. The van der Waals surface area contributed by atoms with Crippen molar-refractivity contribution >= 4 is 11.9 Å². The molecule has 4 aliphatic rings. The molecule has 2 heterocycles. The fourth-order valence-electron chi connectivity index (χ4n) is 5.52. The topological polar surface area (TPSA) is 94.6 Å². The van der Waals surface area contributed by atoms with Gasteiger partial charge in [0.15, 0.2) is 0 Å². The molecule has 1 saturated carbocycles. The second-order valence-electron chi connectivity index (χ2n) is 8.41. The van der Waals surface area contributed by atoms with Crippen LogP contribution in [0.5, 0.6) is 0 Å². The Balaban J connectivity index is 1.80. The first-order valence-corrected chi connectivity index (χ1v) is 9.12. The van der Waals surface area contributed by atoms with E-state index in [4.69, 9.17) is 18.9 Å². The van der Waals surface area contributed by atoms with E-state index in [9.17, 15) is 14.7 Å². The second-order valence-corrected chi connectivity index (χ2v) is 8.41. The molecular formula is C19H26O7. The molecule has 144 valence electrons. The third kappa shape index (κ3) is 2.17. The van der Waals surface area contributed by atoms with Gasteiger partial charge in [0.2, 0.25) is 0 Å². The molecule has 3 fully saturated rings. The molecule has 0 amide bonds. The number of aliphatic hydroxyl groups is 1. The lowest BCUT2D eigenvalue weighted by atomic mass is 9.51. The summed E-state index contributed by atoms with van der Waals surface area (Å²) in [6.07, 6.45) is 1.15. The molecule has 2 aliphatic heterocycles. The zero-order chi connectivity index (χ0) is 18.9. The van der Waals surface area contributed by atoms with Crippen LogP contribution in [0.4, 0.5) is 0 Å². The van der Waals surface area contributed by atoms with Crippen LogP contribution in [0, 0.1) is 10.8 Å². The molecule has 0 aromatic rings. The van der Waals surface area contributed by atoms with Crippen LogP contribution in [0.1, 0.15) is 40.5 Å². The average molecular weight is 366 g/mol. The van der Waals surface area contributed by atoms with Crippen LogP contribution in [-0.2, 0) is 28.5 Å². The number of hydrogen-bond acceptors (Lipinski definition) is 7. The van der Waals surface area contributed by atoms with Gasteiger partial charge in [-0.1, -0.05) is 13.0 Å². The molecule has 1 N–H and O–H groups in total. The van der Waals surface area contributed by atoms with E-state index in [1.807, 2.05) is 13.0 Å². The first kappa shape index (κ1) is 17.9. The number of carbonyl (C=O) groups is 2. The Hall–Kier alpha value is -1.44. The summed E-state index contributed by atoms with van der Waals surface area (Å²) in [6.45, 7) is 7.38. The van der Waals surface area contributed by atoms with E-state index >= 15 is 0 Å². The third-order valence-corrected chi connectivity index (χ3v) is 7.08. The maximum atomic E-state index is 11.6. The molecule has 2 saturated heterocycles. The lowest BCUT2D eigenvalue weighted by Gasteiger charge is -2.57. The van der Waals surface area contributed by atoms with Crippen molar-refractivity contribution < 1.29 is 33.6 Å². The normalized spacial score (nSPS) is 48.6. The molecule has 0 aromatic carbocycles. The van der Waals surface area contributed by atoms with E-state index in [0.717, 1.165) is 5.57 Å². The van der Waals surface area contributed by atoms with Gasteiger partial charge < -0.3 is 24.1 Å². The highest BCUT2D eigenvalue weighted by molar-refractivity contribution is 5.66. The van der Waals surface area contributed by atoms with E-state index in [-0.39, 0.29) is 30.8 Å². The van der Waals surface area contributed by atoms with Crippen LogP contribution in [0.25, 0.3) is 0 Å². The number of rotatable bonds is 3. The van der Waals surface area contributed by atoms with Crippen molar-refractivity contribution in [3.05, 3.63) is 11.6 Å². The highest BCUT2D eigenvalue weighted by atomic mass is 16.7. The Kier molecular flexibility index (Phi) is 3.82. The van der Waals surface area contributed by atoms with Crippen molar-refractivity contribution in [2.75, 3.05) is 13.2 Å². The largest absolute Gasteiger partial charge is 0.465 e. The van der Waals surface area contributed by atoms with Crippen molar-refractivity contribution in [2.24, 2.45) is 10.8 Å². The van der Waals surface area contributed by atoms with Gasteiger partial charge in [0, 0.05) is 24.7 Å². The van der Waals surface area contributed by atoms with Crippen LogP contribution >= 0.6 is 0 Å². The van der Waals surface area contributed by atoms with Crippen molar-refractivity contribution in [1.82, 2.24) is 0 Å². The molecule has 4 unspecified atom stereocenters. The monoisotopic (exact) mass is 366 g/mol. The zero-order valence-corrected chi connectivity index (χ0v) is 15.6. The first-order valence-electron chi connectivity index (χ1n) is 9.12. The minimum absolute atomic E-state index is 0.134. The van der Waals surface area contributed by atoms with Crippen LogP contribution in [-0.4, -0.2) is 60.3 Å². The maximum Gasteiger partial charge on any atom is 0.302 e. The number of ether oxygens (including phenoxy) is 4. The van der Waals surface area contributed by atoms with Crippen molar-refractivity contribution in [3.8, 4) is 0 Å². The molecule has 7 nitrogen and oxygen atoms in total. The SMILES string of the molecule is CC(=O)OC[C@]12CC(O)C(C)=CC1OC1[C@H](OC(C)=O)C[C@@]2(C)C12CO2. The van der Waals surface area contributed by atoms with Crippen LogP contribution in [0.2, 0.25) is 0 Å². The predicted molar refractivity (Wildman–Crippen MR) is 89.1 cm³/mol. The quantitative estimate of drug-likeness (QED) is 0.454. The zero-order valence-electron chi connectivity index (χ0n) is 15.6. The standard InChI is InChI=1S/C19H26O7/c1-10-5-15-18(6-13(10)22,8-23-11(2)20)17(4)7-14(25-12(3)21)16(26-15)19(17)9-24-19/h5,13-16,22H,6-9H2,1-4H3/t13?,14-,15?,16?,17-,18-,19?/m1/s1. The van der Waals surface area contributed by atoms with E-state index in [1.54, 1.807) is 0 Å². The summed E-state index contributed by atoms with van der Waals surface area (Å²) in [7, 11) is 0. The number of epoxide rings is 1. The molecule has 7 heteroatoms. The Morgan fingerprint density at radius 2 is 2.00 bits per heavy atom. The fourth-order valence-corrected chi connectivity index (χ4v) is 5.52. The van der Waals surface area contributed by atoms with Gasteiger partial charge in [-0.3, -0.25) is 9.59 Å². The molecule has 7 atom stereocenters. The van der Waals surface area contributed by atoms with Crippen LogP contribution < -0.4 is 0 Å². The van der Waals surface area contributed by atoms with Crippen LogP contribution in [0.3, 0.4) is 0 Å². The van der Waals surface area contributed by atoms with Gasteiger partial charge in [0.25, 0.3) is 0 Å². The minimum Gasteiger partial charge on any atom is -0.465 e. The van der Waals surface area contributed by atoms with Gasteiger partial charge in [0.05, 0.1) is 18.8 Å². The number of hydrogen-bond donors (Lipinski definition) is 1. The lowest BCUT2D eigenvalue weighted by Crippen LogP contribution is -2.65. The van der Waals surface area contributed by atoms with Crippen molar-refractivity contribution in [1.29, 1.82) is 0 Å². The molecule has 1 spiro atoms. The molecular weight excluding hydrogens is 340 g/mol. The summed E-state index contributed by atoms with van der Waals surface area (Å²) in [5.74, 6) is -0.723. The van der Waals surface area contributed by atoms with Gasteiger partial charge >= 0.3 is 11.9 Å². The third-order valence-electron chi connectivity index (χ3n) is 7.08. The summed E-state index contributed by atoms with van der Waals surface area (Å²) >= 11 is 0.